The average molecular weight is 450 g/mol. The van der Waals surface area contributed by atoms with Crippen molar-refractivity contribution in [3.8, 4) is 17.2 Å². The van der Waals surface area contributed by atoms with Crippen molar-refractivity contribution in [1.29, 1.82) is 0 Å². The Morgan fingerprint density at radius 2 is 1.93 bits per heavy atom. The molecule has 0 saturated carbocycles. The Morgan fingerprint density at radius 3 is 2.63 bits per heavy atom. The highest BCUT2D eigenvalue weighted by molar-refractivity contribution is 6.35. The molecule has 1 fully saturated rings. The largest absolute Gasteiger partial charge is 0.497 e. The van der Waals surface area contributed by atoms with Crippen LogP contribution >= 0.6 is 23.2 Å². The van der Waals surface area contributed by atoms with Gasteiger partial charge in [0.05, 0.1) is 24.1 Å². The summed E-state index contributed by atoms with van der Waals surface area (Å²) in [5.74, 6) is 1.52. The number of benzene rings is 2. The van der Waals surface area contributed by atoms with E-state index in [9.17, 15) is 9.59 Å². The van der Waals surface area contributed by atoms with Crippen LogP contribution in [0, 0.1) is 0 Å². The molecule has 0 bridgehead atoms. The maximum absolute atomic E-state index is 12.7. The molecular formula is C22H21Cl2NO5. The number of carbonyl (C=O) groups is 2. The minimum Gasteiger partial charge on any atom is -0.497 e. The van der Waals surface area contributed by atoms with Gasteiger partial charge in [0.2, 0.25) is 0 Å². The number of Topliss-reactive ketones (excluding diaryl/α,β-unsaturated/α-hetero) is 1. The molecule has 0 N–H and O–H groups in total. The highest BCUT2D eigenvalue weighted by atomic mass is 35.5. The first kappa shape index (κ1) is 20.8. The van der Waals surface area contributed by atoms with Gasteiger partial charge in [0.1, 0.15) is 22.8 Å². The fraction of sp³-hybridized carbons (Fsp3) is 0.364. The molecule has 4 rings (SSSR count). The van der Waals surface area contributed by atoms with E-state index in [0.717, 1.165) is 0 Å². The fourth-order valence-electron chi connectivity index (χ4n) is 3.87. The Kier molecular flexibility index (Phi) is 5.80. The summed E-state index contributed by atoms with van der Waals surface area (Å²) in [6.07, 6.45) is 1.46. The van der Waals surface area contributed by atoms with Crippen molar-refractivity contribution in [2.45, 2.75) is 24.9 Å². The van der Waals surface area contributed by atoms with Crippen LogP contribution in [-0.2, 0) is 4.79 Å². The molecule has 158 valence electrons. The van der Waals surface area contributed by atoms with Crippen molar-refractivity contribution in [1.82, 2.24) is 4.90 Å². The Hall–Kier alpha value is -2.44. The highest BCUT2D eigenvalue weighted by Crippen LogP contribution is 2.40. The molecule has 0 aromatic heterocycles. The molecule has 1 saturated heterocycles. The van der Waals surface area contributed by atoms with Crippen LogP contribution in [0.25, 0.3) is 0 Å². The molecular weight excluding hydrogens is 429 g/mol. The topological polar surface area (TPSA) is 65.1 Å². The second kappa shape index (κ2) is 8.36. The lowest BCUT2D eigenvalue weighted by molar-refractivity contribution is -0.136. The zero-order chi connectivity index (χ0) is 21.3. The van der Waals surface area contributed by atoms with Gasteiger partial charge in [-0.3, -0.25) is 9.59 Å². The minimum atomic E-state index is -0.574. The van der Waals surface area contributed by atoms with Crippen molar-refractivity contribution < 1.29 is 23.8 Å². The van der Waals surface area contributed by atoms with Gasteiger partial charge in [-0.1, -0.05) is 23.2 Å². The predicted molar refractivity (Wildman–Crippen MR) is 113 cm³/mol. The number of hydrogen-bond acceptors (Lipinski definition) is 5. The zero-order valence-electron chi connectivity index (χ0n) is 16.5. The van der Waals surface area contributed by atoms with E-state index in [4.69, 9.17) is 37.4 Å². The van der Waals surface area contributed by atoms with E-state index in [-0.39, 0.29) is 18.3 Å². The van der Waals surface area contributed by atoms with Crippen LogP contribution in [0.15, 0.2) is 36.4 Å². The Balaban J connectivity index is 1.36. The number of ether oxygens (including phenoxy) is 3. The van der Waals surface area contributed by atoms with Crippen molar-refractivity contribution in [3.05, 3.63) is 52.0 Å². The summed E-state index contributed by atoms with van der Waals surface area (Å²) in [5, 5.41) is 0.861. The molecule has 1 amide bonds. The van der Waals surface area contributed by atoms with Crippen LogP contribution in [0.4, 0.5) is 0 Å². The molecule has 1 spiro atoms. The molecule has 8 heteroatoms. The van der Waals surface area contributed by atoms with Gasteiger partial charge in [-0.2, -0.15) is 0 Å². The van der Waals surface area contributed by atoms with Gasteiger partial charge >= 0.3 is 0 Å². The predicted octanol–water partition coefficient (Wildman–Crippen LogP) is 4.41. The molecule has 0 atom stereocenters. The summed E-state index contributed by atoms with van der Waals surface area (Å²) >= 11 is 12.0. The molecule has 0 aliphatic carbocycles. The van der Waals surface area contributed by atoms with E-state index in [0.29, 0.717) is 65.2 Å². The zero-order valence-corrected chi connectivity index (χ0v) is 18.0. The van der Waals surface area contributed by atoms with Gasteiger partial charge in [-0.25, -0.2) is 0 Å². The Bertz CT molecular complexity index is 985. The van der Waals surface area contributed by atoms with Crippen LogP contribution in [0.1, 0.15) is 29.6 Å². The van der Waals surface area contributed by atoms with Gasteiger partial charge in [-0.05, 0) is 36.4 Å². The number of amides is 1. The average Bonchev–Trinajstić information content (AvgIpc) is 2.73. The fourth-order valence-corrected chi connectivity index (χ4v) is 4.33. The molecule has 2 aromatic carbocycles. The normalized spacial score (nSPS) is 17.3. The number of ketones is 1. The number of fused-ring (bicyclic) bond motifs is 1. The molecule has 0 unspecified atom stereocenters. The van der Waals surface area contributed by atoms with E-state index >= 15 is 0 Å². The third-order valence-corrected chi connectivity index (χ3v) is 6.10. The van der Waals surface area contributed by atoms with Crippen molar-refractivity contribution in [2.24, 2.45) is 0 Å². The maximum Gasteiger partial charge on any atom is 0.260 e. The van der Waals surface area contributed by atoms with E-state index in [1.807, 2.05) is 0 Å². The number of halogens is 2. The number of piperidine rings is 1. The van der Waals surface area contributed by atoms with E-state index in [2.05, 4.69) is 0 Å². The summed E-state index contributed by atoms with van der Waals surface area (Å²) in [6, 6.07) is 10.1. The maximum atomic E-state index is 12.7. The molecule has 6 nitrogen and oxygen atoms in total. The van der Waals surface area contributed by atoms with Gasteiger partial charge in [0.15, 0.2) is 12.4 Å². The summed E-state index contributed by atoms with van der Waals surface area (Å²) in [7, 11) is 1.56. The Labute approximate surface area is 184 Å². The van der Waals surface area contributed by atoms with Gasteiger partial charge in [0.25, 0.3) is 5.91 Å². The summed E-state index contributed by atoms with van der Waals surface area (Å²) in [5.41, 5.74) is -0.0257. The molecule has 2 aliphatic rings. The lowest BCUT2D eigenvalue weighted by Crippen LogP contribution is -2.53. The van der Waals surface area contributed by atoms with Gasteiger partial charge in [-0.15, -0.1) is 0 Å². The number of methoxy groups -OCH3 is 1. The smallest absolute Gasteiger partial charge is 0.260 e. The van der Waals surface area contributed by atoms with Crippen molar-refractivity contribution in [2.75, 3.05) is 26.8 Å². The van der Waals surface area contributed by atoms with Crippen LogP contribution < -0.4 is 14.2 Å². The number of hydrogen-bond donors (Lipinski definition) is 0. The summed E-state index contributed by atoms with van der Waals surface area (Å²) < 4.78 is 17.0. The van der Waals surface area contributed by atoms with E-state index < -0.39 is 5.60 Å². The third-order valence-electron chi connectivity index (χ3n) is 5.57. The highest BCUT2D eigenvalue weighted by Gasteiger charge is 2.43. The van der Waals surface area contributed by atoms with Gasteiger partial charge < -0.3 is 19.1 Å². The van der Waals surface area contributed by atoms with Gasteiger partial charge in [0, 0.05) is 31.0 Å². The first-order chi connectivity index (χ1) is 14.4. The van der Waals surface area contributed by atoms with Crippen molar-refractivity contribution >= 4 is 34.9 Å². The summed E-state index contributed by atoms with van der Waals surface area (Å²) in [4.78, 5) is 27.0. The second-order valence-corrected chi connectivity index (χ2v) is 8.33. The third kappa shape index (κ3) is 4.20. The van der Waals surface area contributed by atoms with E-state index in [1.54, 1.807) is 48.4 Å². The number of nitrogens with zero attached hydrogens (tertiary/aromatic N) is 1. The van der Waals surface area contributed by atoms with Crippen LogP contribution in [-0.4, -0.2) is 49.0 Å². The first-order valence-electron chi connectivity index (χ1n) is 9.65. The lowest BCUT2D eigenvalue weighted by Gasteiger charge is -2.43. The molecule has 2 heterocycles. The standard InChI is InChI=1S/C22H21Cl2NO5/c1-28-15-3-5-19-16(11-15)18(26)12-22(30-19)6-8-25(9-7-22)21(27)13-29-20-4-2-14(23)10-17(20)24/h2-5,10-11H,6-9,12-13H2,1H3. The molecule has 30 heavy (non-hydrogen) atoms. The summed E-state index contributed by atoms with van der Waals surface area (Å²) in [6.45, 7) is 0.876. The van der Waals surface area contributed by atoms with E-state index in [1.165, 1.54) is 0 Å². The second-order valence-electron chi connectivity index (χ2n) is 7.49. The minimum absolute atomic E-state index is 0.0376. The molecule has 2 aromatic rings. The van der Waals surface area contributed by atoms with Crippen LogP contribution in [0.3, 0.4) is 0 Å². The van der Waals surface area contributed by atoms with Crippen molar-refractivity contribution in [3.63, 3.8) is 0 Å². The SMILES string of the molecule is COc1ccc2c(c1)C(=O)CC1(CCN(C(=O)COc3ccc(Cl)cc3Cl)CC1)O2. The number of rotatable bonds is 4. The first-order valence-corrected chi connectivity index (χ1v) is 10.4. The van der Waals surface area contributed by atoms with Crippen LogP contribution in [0.5, 0.6) is 17.2 Å². The number of carbonyl (C=O) groups excluding carboxylic acids is 2. The molecule has 2 aliphatic heterocycles. The number of likely N-dealkylation sites (tertiary alicyclic amines) is 1. The molecule has 0 radical (unpaired) electrons. The lowest BCUT2D eigenvalue weighted by atomic mass is 9.82. The monoisotopic (exact) mass is 449 g/mol. The van der Waals surface area contributed by atoms with Crippen LogP contribution in [0.2, 0.25) is 10.0 Å². The Morgan fingerprint density at radius 1 is 1.17 bits per heavy atom. The quantitative estimate of drug-likeness (QED) is 0.691.